The van der Waals surface area contributed by atoms with Gasteiger partial charge in [0.05, 0.1) is 37.7 Å². The average molecular weight is 422 g/mol. The summed E-state index contributed by atoms with van der Waals surface area (Å²) in [4.78, 5) is 12.4. The molecule has 0 saturated heterocycles. The number of benzene rings is 1. The molecule has 0 aromatic heterocycles. The summed E-state index contributed by atoms with van der Waals surface area (Å²) in [6, 6.07) is 10.6. The van der Waals surface area contributed by atoms with Crippen molar-refractivity contribution in [3.05, 3.63) is 35.9 Å². The van der Waals surface area contributed by atoms with Crippen molar-refractivity contribution < 1.29 is 9.53 Å². The first-order valence-electron chi connectivity index (χ1n) is 12.2. The zero-order chi connectivity index (χ0) is 21.2. The molecule has 0 N–H and O–H groups in total. The smallest absolute Gasteiger partial charge is 0.309 e. The zero-order valence-corrected chi connectivity index (χ0v) is 20.4. The van der Waals surface area contributed by atoms with Crippen LogP contribution in [-0.2, 0) is 16.0 Å². The van der Waals surface area contributed by atoms with Gasteiger partial charge in [0.15, 0.2) is 0 Å². The van der Waals surface area contributed by atoms with Gasteiger partial charge >= 0.3 is 5.97 Å². The molecule has 0 spiro atoms. The van der Waals surface area contributed by atoms with Gasteiger partial charge < -0.3 is 4.74 Å². The Labute approximate surface area is 181 Å². The van der Waals surface area contributed by atoms with E-state index in [1.54, 1.807) is 0 Å². The molecule has 166 valence electrons. The average Bonchev–Trinajstić information content (AvgIpc) is 2.76. The minimum absolute atomic E-state index is 0.0435. The van der Waals surface area contributed by atoms with Gasteiger partial charge in [-0.05, 0) is 50.5 Å². The topological polar surface area (TPSA) is 26.3 Å². The number of hydrogen-bond acceptors (Lipinski definition) is 2. The maximum absolute atomic E-state index is 12.4. The molecule has 0 amide bonds. The second-order valence-electron chi connectivity index (χ2n) is 8.56. The SMILES string of the molecule is CCCC[P+](CCCC)(CCCC)CCC(=O)OCCCCCc1ccccc1. The van der Waals surface area contributed by atoms with E-state index in [9.17, 15) is 4.79 Å². The van der Waals surface area contributed by atoms with E-state index in [0.717, 1.165) is 25.4 Å². The number of carbonyl (C=O) groups is 1. The molecule has 0 aliphatic heterocycles. The number of rotatable bonds is 18. The van der Waals surface area contributed by atoms with Crippen molar-refractivity contribution in [2.75, 3.05) is 31.3 Å². The highest BCUT2D eigenvalue weighted by atomic mass is 31.2. The fourth-order valence-electron chi connectivity index (χ4n) is 3.99. The van der Waals surface area contributed by atoms with Crippen molar-refractivity contribution in [2.24, 2.45) is 0 Å². The van der Waals surface area contributed by atoms with Crippen LogP contribution in [0.3, 0.4) is 0 Å². The van der Waals surface area contributed by atoms with Gasteiger partial charge in [-0.2, -0.15) is 0 Å². The summed E-state index contributed by atoms with van der Waals surface area (Å²) >= 11 is 0. The fourth-order valence-corrected chi connectivity index (χ4v) is 8.95. The third-order valence-electron chi connectivity index (χ3n) is 5.96. The molecule has 1 rings (SSSR count). The van der Waals surface area contributed by atoms with Crippen molar-refractivity contribution in [3.63, 3.8) is 0 Å². The summed E-state index contributed by atoms with van der Waals surface area (Å²) < 4.78 is 5.58. The molecular formula is C26H46O2P+. The molecule has 1 aromatic carbocycles. The highest BCUT2D eigenvalue weighted by Gasteiger charge is 2.35. The summed E-state index contributed by atoms with van der Waals surface area (Å²) in [6.45, 7) is 7.47. The highest BCUT2D eigenvalue weighted by Crippen LogP contribution is 2.61. The third-order valence-corrected chi connectivity index (χ3v) is 10.9. The lowest BCUT2D eigenvalue weighted by atomic mass is 10.1. The summed E-state index contributed by atoms with van der Waals surface area (Å²) in [5.41, 5.74) is 1.40. The molecule has 0 aliphatic rings. The number of ether oxygens (including phenoxy) is 1. The summed E-state index contributed by atoms with van der Waals surface area (Å²) in [7, 11) is -0.984. The second kappa shape index (κ2) is 16.9. The number of hydrogen-bond donors (Lipinski definition) is 0. The van der Waals surface area contributed by atoms with Gasteiger partial charge in [0, 0.05) is 7.26 Å². The standard InChI is InChI=1S/C26H46O2P/c1-4-7-21-29(22-8-5-2,23-9-6-3)24-19-26(27)28-20-15-11-14-18-25-16-12-10-13-17-25/h10,12-13,16-17H,4-9,11,14-15,18-24H2,1-3H3/q+1. The number of carbonyl (C=O) groups excluding carboxylic acids is 1. The van der Waals surface area contributed by atoms with Gasteiger partial charge in [0.1, 0.15) is 0 Å². The molecule has 0 bridgehead atoms. The predicted octanol–water partition coefficient (Wildman–Crippen LogP) is 7.75. The second-order valence-corrected chi connectivity index (χ2v) is 13.0. The van der Waals surface area contributed by atoms with Crippen molar-refractivity contribution in [1.82, 2.24) is 0 Å². The number of aryl methyl sites for hydroxylation is 1. The van der Waals surface area contributed by atoms with Crippen LogP contribution in [0.25, 0.3) is 0 Å². The van der Waals surface area contributed by atoms with Gasteiger partial charge in [-0.3, -0.25) is 4.79 Å². The quantitative estimate of drug-likeness (QED) is 0.138. The van der Waals surface area contributed by atoms with E-state index in [1.165, 1.54) is 69.0 Å². The first kappa shape index (κ1) is 26.2. The third kappa shape index (κ3) is 12.4. The van der Waals surface area contributed by atoms with E-state index in [2.05, 4.69) is 51.1 Å². The van der Waals surface area contributed by atoms with Crippen LogP contribution < -0.4 is 0 Å². The van der Waals surface area contributed by atoms with Crippen molar-refractivity contribution in [3.8, 4) is 0 Å². The van der Waals surface area contributed by atoms with E-state index >= 15 is 0 Å². The van der Waals surface area contributed by atoms with E-state index < -0.39 is 7.26 Å². The molecule has 29 heavy (non-hydrogen) atoms. The Kier molecular flexibility index (Phi) is 15.2. The van der Waals surface area contributed by atoms with Gasteiger partial charge in [0.2, 0.25) is 0 Å². The Morgan fingerprint density at radius 3 is 1.90 bits per heavy atom. The fraction of sp³-hybridized carbons (Fsp3) is 0.731. The maximum atomic E-state index is 12.4. The van der Waals surface area contributed by atoms with E-state index in [4.69, 9.17) is 4.74 Å². The lowest BCUT2D eigenvalue weighted by Gasteiger charge is -2.27. The van der Waals surface area contributed by atoms with Crippen LogP contribution in [0, 0.1) is 0 Å². The van der Waals surface area contributed by atoms with Crippen LogP contribution >= 0.6 is 7.26 Å². The molecule has 0 heterocycles. The minimum Gasteiger partial charge on any atom is -0.466 e. The van der Waals surface area contributed by atoms with E-state index in [-0.39, 0.29) is 5.97 Å². The van der Waals surface area contributed by atoms with Crippen LogP contribution in [0.5, 0.6) is 0 Å². The first-order valence-corrected chi connectivity index (χ1v) is 14.7. The Balaban J connectivity index is 2.30. The van der Waals surface area contributed by atoms with Crippen molar-refractivity contribution in [2.45, 2.75) is 91.4 Å². The predicted molar refractivity (Wildman–Crippen MR) is 131 cm³/mol. The number of esters is 1. The zero-order valence-electron chi connectivity index (χ0n) is 19.5. The largest absolute Gasteiger partial charge is 0.466 e. The molecule has 0 aliphatic carbocycles. The highest BCUT2D eigenvalue weighted by molar-refractivity contribution is 7.75. The minimum atomic E-state index is -0.984. The van der Waals surface area contributed by atoms with Crippen LogP contribution in [-0.4, -0.2) is 37.2 Å². The normalized spacial score (nSPS) is 11.6. The van der Waals surface area contributed by atoms with E-state index in [1.807, 2.05) is 0 Å². The van der Waals surface area contributed by atoms with Crippen LogP contribution in [0.1, 0.15) is 90.5 Å². The molecule has 0 fully saturated rings. The van der Waals surface area contributed by atoms with Crippen molar-refractivity contribution in [1.29, 1.82) is 0 Å². The van der Waals surface area contributed by atoms with Crippen LogP contribution in [0.4, 0.5) is 0 Å². The van der Waals surface area contributed by atoms with Crippen LogP contribution in [0.2, 0.25) is 0 Å². The van der Waals surface area contributed by atoms with E-state index in [0.29, 0.717) is 13.0 Å². The van der Waals surface area contributed by atoms with Gasteiger partial charge in [-0.25, -0.2) is 0 Å². The molecule has 2 nitrogen and oxygen atoms in total. The summed E-state index contributed by atoms with van der Waals surface area (Å²) in [5, 5.41) is 0. The first-order chi connectivity index (χ1) is 14.2. The molecule has 0 unspecified atom stereocenters. The Bertz CT molecular complexity index is 493. The lowest BCUT2D eigenvalue weighted by Crippen LogP contribution is -2.16. The molecule has 0 atom stereocenters. The van der Waals surface area contributed by atoms with Crippen molar-refractivity contribution >= 4 is 13.2 Å². The Morgan fingerprint density at radius 2 is 1.34 bits per heavy atom. The summed E-state index contributed by atoms with van der Waals surface area (Å²) in [6.07, 6.45) is 18.1. The molecule has 3 heteroatoms. The maximum Gasteiger partial charge on any atom is 0.309 e. The van der Waals surface area contributed by atoms with Gasteiger partial charge in [-0.15, -0.1) is 0 Å². The monoisotopic (exact) mass is 421 g/mol. The van der Waals surface area contributed by atoms with Gasteiger partial charge in [0.25, 0.3) is 0 Å². The lowest BCUT2D eigenvalue weighted by molar-refractivity contribution is -0.143. The molecule has 1 aromatic rings. The molecular weight excluding hydrogens is 375 g/mol. The molecule has 0 saturated carbocycles. The van der Waals surface area contributed by atoms with Crippen LogP contribution in [0.15, 0.2) is 30.3 Å². The van der Waals surface area contributed by atoms with Gasteiger partial charge in [-0.1, -0.05) is 70.4 Å². The summed E-state index contributed by atoms with van der Waals surface area (Å²) in [5.74, 6) is 0.0435. The Hall–Kier alpha value is -0.880. The Morgan fingerprint density at radius 1 is 0.759 bits per heavy atom. The number of unbranched alkanes of at least 4 members (excludes halogenated alkanes) is 5. The molecule has 0 radical (unpaired) electrons.